The van der Waals surface area contributed by atoms with E-state index in [0.717, 1.165) is 28.3 Å². The summed E-state index contributed by atoms with van der Waals surface area (Å²) in [7, 11) is 0. The van der Waals surface area contributed by atoms with Crippen molar-refractivity contribution in [1.29, 1.82) is 5.41 Å². The summed E-state index contributed by atoms with van der Waals surface area (Å²) in [5, 5.41) is 22.2. The number of rotatable bonds is 7. The topological polar surface area (TPSA) is 146 Å². The van der Waals surface area contributed by atoms with E-state index in [1.165, 1.54) is 6.20 Å². The van der Waals surface area contributed by atoms with Crippen LogP contribution in [0.15, 0.2) is 77.3 Å². The van der Waals surface area contributed by atoms with Gasteiger partial charge in [0.05, 0.1) is 18.3 Å². The van der Waals surface area contributed by atoms with Crippen LogP contribution in [0.2, 0.25) is 0 Å². The number of nitrogens with one attached hydrogen (secondary N) is 2. The van der Waals surface area contributed by atoms with Crippen LogP contribution in [0.4, 0.5) is 5.82 Å². The van der Waals surface area contributed by atoms with E-state index in [9.17, 15) is 4.79 Å². The van der Waals surface area contributed by atoms with Crippen molar-refractivity contribution in [3.05, 3.63) is 89.2 Å². The highest BCUT2D eigenvalue weighted by molar-refractivity contribution is 6.02. The lowest BCUT2D eigenvalue weighted by Gasteiger charge is -2.30. The minimum absolute atomic E-state index is 0.0610. The summed E-state index contributed by atoms with van der Waals surface area (Å²) in [5.74, 6) is 6.46. The summed E-state index contributed by atoms with van der Waals surface area (Å²) in [4.78, 5) is 18.7. The molecule has 1 saturated heterocycles. The monoisotopic (exact) mass is 483 g/mol. The third-order valence-corrected chi connectivity index (χ3v) is 5.89. The summed E-state index contributed by atoms with van der Waals surface area (Å²) in [5.41, 5.74) is 3.91. The molecule has 2 aromatic heterocycles. The Morgan fingerprint density at radius 1 is 1.11 bits per heavy atom. The number of carbonyl (C=O) groups excluding carboxylic acids is 1. The van der Waals surface area contributed by atoms with Crippen LogP contribution in [-0.2, 0) is 17.8 Å². The van der Waals surface area contributed by atoms with E-state index in [1.807, 2.05) is 59.5 Å². The third-order valence-electron chi connectivity index (χ3n) is 5.89. The zero-order valence-corrected chi connectivity index (χ0v) is 19.5. The van der Waals surface area contributed by atoms with E-state index in [1.54, 1.807) is 10.7 Å². The molecule has 11 nitrogen and oxygen atoms in total. The SMILES string of the molecule is N=C(N=NN)c1cnn2c(N3CCNC(=O)C3)c(Cc3ccc(OCc4ccccc4)cc3)cnc12. The van der Waals surface area contributed by atoms with Gasteiger partial charge in [0.25, 0.3) is 0 Å². The van der Waals surface area contributed by atoms with Gasteiger partial charge in [-0.3, -0.25) is 10.2 Å². The van der Waals surface area contributed by atoms with Gasteiger partial charge in [0, 0.05) is 31.3 Å². The molecule has 0 atom stereocenters. The van der Waals surface area contributed by atoms with Gasteiger partial charge < -0.3 is 20.8 Å². The van der Waals surface area contributed by atoms with E-state index >= 15 is 0 Å². The van der Waals surface area contributed by atoms with Gasteiger partial charge in [-0.25, -0.2) is 4.98 Å². The maximum absolute atomic E-state index is 12.2. The molecule has 3 heterocycles. The Kier molecular flexibility index (Phi) is 6.52. The molecule has 1 aliphatic heterocycles. The minimum Gasteiger partial charge on any atom is -0.489 e. The number of benzene rings is 2. The molecular weight excluding hydrogens is 458 g/mol. The smallest absolute Gasteiger partial charge is 0.239 e. The molecule has 0 bridgehead atoms. The molecule has 1 aliphatic rings. The van der Waals surface area contributed by atoms with Crippen LogP contribution in [-0.4, -0.2) is 46.0 Å². The predicted octanol–water partition coefficient (Wildman–Crippen LogP) is 2.49. The van der Waals surface area contributed by atoms with Crippen molar-refractivity contribution in [2.45, 2.75) is 13.0 Å². The molecule has 4 aromatic rings. The number of fused-ring (bicyclic) bond motifs is 1. The second-order valence-electron chi connectivity index (χ2n) is 8.33. The van der Waals surface area contributed by atoms with Gasteiger partial charge in [0.2, 0.25) is 5.91 Å². The number of amidine groups is 1. The molecule has 0 aliphatic carbocycles. The number of nitrogens with two attached hydrogens (primary N) is 1. The largest absolute Gasteiger partial charge is 0.489 e. The Balaban J connectivity index is 1.43. The number of carbonyl (C=O) groups is 1. The van der Waals surface area contributed by atoms with Crippen LogP contribution in [0.5, 0.6) is 5.75 Å². The summed E-state index contributed by atoms with van der Waals surface area (Å²) >= 11 is 0. The maximum Gasteiger partial charge on any atom is 0.239 e. The second-order valence-corrected chi connectivity index (χ2v) is 8.33. The van der Waals surface area contributed by atoms with Crippen molar-refractivity contribution in [2.24, 2.45) is 16.2 Å². The van der Waals surface area contributed by atoms with Gasteiger partial charge in [-0.15, -0.1) is 5.11 Å². The highest BCUT2D eigenvalue weighted by Crippen LogP contribution is 2.27. The first-order valence-electron chi connectivity index (χ1n) is 11.4. The van der Waals surface area contributed by atoms with E-state index in [2.05, 4.69) is 25.7 Å². The number of anilines is 1. The number of piperazine rings is 1. The van der Waals surface area contributed by atoms with E-state index in [4.69, 9.17) is 16.0 Å². The van der Waals surface area contributed by atoms with Gasteiger partial charge in [-0.2, -0.15) is 9.61 Å². The van der Waals surface area contributed by atoms with Gasteiger partial charge in [-0.05, 0) is 23.3 Å². The van der Waals surface area contributed by atoms with Gasteiger partial charge in [0.1, 0.15) is 18.2 Å². The molecule has 4 N–H and O–H groups in total. The van der Waals surface area contributed by atoms with Gasteiger partial charge >= 0.3 is 0 Å². The zero-order chi connectivity index (χ0) is 24.9. The Morgan fingerprint density at radius 2 is 1.92 bits per heavy atom. The number of ether oxygens (including phenoxy) is 1. The van der Waals surface area contributed by atoms with Crippen LogP contribution >= 0.6 is 0 Å². The van der Waals surface area contributed by atoms with Gasteiger partial charge in [0.15, 0.2) is 11.5 Å². The lowest BCUT2D eigenvalue weighted by molar-refractivity contribution is -0.120. The first-order valence-corrected chi connectivity index (χ1v) is 11.4. The highest BCUT2D eigenvalue weighted by atomic mass is 16.5. The minimum atomic E-state index is -0.138. The number of hydrogen-bond donors (Lipinski definition) is 3. The summed E-state index contributed by atoms with van der Waals surface area (Å²) < 4.78 is 7.56. The summed E-state index contributed by atoms with van der Waals surface area (Å²) in [6, 6.07) is 17.9. The molecule has 0 unspecified atom stereocenters. The Bertz CT molecular complexity index is 1420. The fraction of sp³-hybridized carbons (Fsp3) is 0.200. The molecule has 0 saturated carbocycles. The first kappa shape index (κ1) is 23.0. The number of nitrogens with zero attached hydrogens (tertiary/aromatic N) is 6. The average Bonchev–Trinajstić information content (AvgIpc) is 3.33. The van der Waals surface area contributed by atoms with Gasteiger partial charge in [-0.1, -0.05) is 47.7 Å². The fourth-order valence-corrected chi connectivity index (χ4v) is 4.18. The van der Waals surface area contributed by atoms with Crippen LogP contribution in [0, 0.1) is 5.41 Å². The van der Waals surface area contributed by atoms with Crippen molar-refractivity contribution in [3.8, 4) is 5.75 Å². The molecule has 0 radical (unpaired) electrons. The Morgan fingerprint density at radius 3 is 2.67 bits per heavy atom. The van der Waals surface area contributed by atoms with Crippen molar-refractivity contribution >= 4 is 23.2 Å². The Hall–Kier alpha value is -4.80. The van der Waals surface area contributed by atoms with E-state index in [-0.39, 0.29) is 18.3 Å². The van der Waals surface area contributed by atoms with Crippen molar-refractivity contribution in [1.82, 2.24) is 19.9 Å². The zero-order valence-electron chi connectivity index (χ0n) is 19.5. The second kappa shape index (κ2) is 10.2. The quantitative estimate of drug-likeness (QED) is 0.121. The maximum atomic E-state index is 12.2. The normalized spacial score (nSPS) is 13.8. The van der Waals surface area contributed by atoms with Crippen LogP contribution in [0.3, 0.4) is 0 Å². The van der Waals surface area contributed by atoms with Crippen molar-refractivity contribution in [3.63, 3.8) is 0 Å². The molecule has 0 spiro atoms. The standard InChI is InChI=1S/C25H25N9O2/c26-23(31-32-27)21-14-30-34-24(21)29-13-19(25(34)33-11-10-28-22(35)15-33)12-17-6-8-20(9-7-17)36-16-18-4-2-1-3-5-18/h1-9,13-14H,10-12,15-16H2,(H,28,35)(H3,26,27,31). The number of hydrogen-bond acceptors (Lipinski definition) is 7. The van der Waals surface area contributed by atoms with Crippen LogP contribution in [0.25, 0.3) is 5.65 Å². The lowest BCUT2D eigenvalue weighted by Crippen LogP contribution is -2.48. The molecule has 182 valence electrons. The molecule has 1 fully saturated rings. The van der Waals surface area contributed by atoms with Crippen molar-refractivity contribution < 1.29 is 9.53 Å². The Labute approximate surface area is 207 Å². The van der Waals surface area contributed by atoms with Crippen LogP contribution < -0.4 is 20.8 Å². The summed E-state index contributed by atoms with van der Waals surface area (Å²) in [6.45, 7) is 1.86. The van der Waals surface area contributed by atoms with Crippen LogP contribution in [0.1, 0.15) is 22.3 Å². The highest BCUT2D eigenvalue weighted by Gasteiger charge is 2.24. The molecule has 2 aromatic carbocycles. The average molecular weight is 484 g/mol. The number of amides is 1. The molecule has 1 amide bonds. The molecule has 11 heteroatoms. The van der Waals surface area contributed by atoms with E-state index < -0.39 is 0 Å². The predicted molar refractivity (Wildman–Crippen MR) is 134 cm³/mol. The van der Waals surface area contributed by atoms with Crippen molar-refractivity contribution in [2.75, 3.05) is 24.5 Å². The fourth-order valence-electron chi connectivity index (χ4n) is 4.18. The number of aromatic nitrogens is 3. The first-order chi connectivity index (χ1) is 17.6. The third kappa shape index (κ3) is 4.85. The molecule has 36 heavy (non-hydrogen) atoms. The lowest BCUT2D eigenvalue weighted by atomic mass is 10.1. The summed E-state index contributed by atoms with van der Waals surface area (Å²) in [6.07, 6.45) is 3.84. The molecular formula is C25H25N9O2. The van der Waals surface area contributed by atoms with E-state index in [0.29, 0.717) is 37.3 Å². The molecule has 5 rings (SSSR count).